The summed E-state index contributed by atoms with van der Waals surface area (Å²) >= 11 is 0. The van der Waals surface area contributed by atoms with Crippen molar-refractivity contribution in [2.45, 2.75) is 0 Å². The van der Waals surface area contributed by atoms with Crippen LogP contribution in [0.4, 0.5) is 17.1 Å². The predicted molar refractivity (Wildman–Crippen MR) is 292 cm³/mol. The summed E-state index contributed by atoms with van der Waals surface area (Å²) < 4.78 is 8.90. The molecule has 0 spiro atoms. The third-order valence-corrected chi connectivity index (χ3v) is 14.2. The Balaban J connectivity index is 0.883. The molecule has 3 nitrogen and oxygen atoms in total. The van der Waals surface area contributed by atoms with Crippen molar-refractivity contribution >= 4 is 93.1 Å². The molecule has 0 aliphatic carbocycles. The van der Waals surface area contributed by atoms with Crippen molar-refractivity contribution in [3.05, 3.63) is 255 Å². The maximum Gasteiger partial charge on any atom is 0.143 e. The van der Waals surface area contributed by atoms with Crippen LogP contribution in [0, 0.1) is 0 Å². The van der Waals surface area contributed by atoms with Crippen molar-refractivity contribution in [3.8, 4) is 39.1 Å². The minimum Gasteiger partial charge on any atom is -0.455 e. The molecule has 69 heavy (non-hydrogen) atoms. The molecule has 2 aromatic heterocycles. The van der Waals surface area contributed by atoms with Crippen LogP contribution in [0.1, 0.15) is 0 Å². The number of aromatic nitrogens is 1. The predicted octanol–water partition coefficient (Wildman–Crippen LogP) is 18.6. The molecule has 0 amide bonds. The average molecular weight is 879 g/mol. The average Bonchev–Trinajstić information content (AvgIpc) is 3.98. The molecular formula is C66H42N2O. The molecule has 0 atom stereocenters. The van der Waals surface area contributed by atoms with Crippen LogP contribution in [0.5, 0.6) is 0 Å². The number of para-hydroxylation sites is 5. The fourth-order valence-corrected chi connectivity index (χ4v) is 11.0. The van der Waals surface area contributed by atoms with Crippen molar-refractivity contribution < 1.29 is 4.42 Å². The third-order valence-electron chi connectivity index (χ3n) is 14.2. The summed E-state index contributed by atoms with van der Waals surface area (Å²) in [5.41, 5.74) is 15.5. The van der Waals surface area contributed by atoms with Gasteiger partial charge in [-0.05, 0) is 121 Å². The second-order valence-electron chi connectivity index (χ2n) is 18.0. The molecule has 0 N–H and O–H groups in total. The molecule has 14 aromatic rings. The van der Waals surface area contributed by atoms with Crippen LogP contribution in [0.3, 0.4) is 0 Å². The standard InChI is InChI=1S/C66H42N2O/c1-2-20-54-52(18-1)53-19-3-4-21-55(53)61-42-49(39-40-56(54)61)67(48-37-33-44(34-38-48)51-25-14-26-60-59-24-8-12-30-65(59)69-66(51)60)47-35-31-43(32-36-47)45-15-13-16-46(41-45)50-17-5-9-27-62(50)68-63-28-10-6-22-57(63)58-23-7-11-29-64(58)68/h1-42H. The molecule has 0 saturated heterocycles. The Morgan fingerprint density at radius 1 is 0.275 bits per heavy atom. The highest BCUT2D eigenvalue weighted by Crippen LogP contribution is 2.44. The van der Waals surface area contributed by atoms with Crippen molar-refractivity contribution in [1.82, 2.24) is 4.57 Å². The molecule has 322 valence electrons. The summed E-state index contributed by atoms with van der Waals surface area (Å²) in [5.74, 6) is 0. The summed E-state index contributed by atoms with van der Waals surface area (Å²) in [6, 6.07) is 92.5. The van der Waals surface area contributed by atoms with E-state index in [2.05, 4.69) is 252 Å². The van der Waals surface area contributed by atoms with E-state index < -0.39 is 0 Å². The smallest absolute Gasteiger partial charge is 0.143 e. The van der Waals surface area contributed by atoms with Gasteiger partial charge in [-0.1, -0.05) is 188 Å². The van der Waals surface area contributed by atoms with E-state index in [1.165, 1.54) is 65.3 Å². The Bertz CT molecular complexity index is 4220. The lowest BCUT2D eigenvalue weighted by molar-refractivity contribution is 0.670. The molecule has 0 radical (unpaired) electrons. The Labute approximate surface area is 399 Å². The molecule has 0 fully saturated rings. The molecule has 2 heterocycles. The van der Waals surface area contributed by atoms with Crippen LogP contribution in [-0.4, -0.2) is 4.57 Å². The number of furan rings is 1. The quantitative estimate of drug-likeness (QED) is 0.149. The maximum atomic E-state index is 6.48. The molecule has 0 saturated carbocycles. The van der Waals surface area contributed by atoms with E-state index in [-0.39, 0.29) is 0 Å². The molecule has 0 aliphatic rings. The molecule has 3 heteroatoms. The van der Waals surface area contributed by atoms with Crippen LogP contribution in [0.25, 0.3) is 115 Å². The van der Waals surface area contributed by atoms with Crippen molar-refractivity contribution in [3.63, 3.8) is 0 Å². The molecule has 0 aliphatic heterocycles. The van der Waals surface area contributed by atoms with Gasteiger partial charge in [0.15, 0.2) is 0 Å². The van der Waals surface area contributed by atoms with E-state index in [1.807, 2.05) is 12.1 Å². The number of hydrogen-bond acceptors (Lipinski definition) is 2. The Hall–Kier alpha value is -9.18. The first kappa shape index (κ1) is 39.0. The first-order chi connectivity index (χ1) is 34.2. The lowest BCUT2D eigenvalue weighted by Crippen LogP contribution is -2.10. The van der Waals surface area contributed by atoms with Crippen molar-refractivity contribution in [1.29, 1.82) is 0 Å². The van der Waals surface area contributed by atoms with Crippen molar-refractivity contribution in [2.75, 3.05) is 4.90 Å². The highest BCUT2D eigenvalue weighted by molar-refractivity contribution is 6.26. The lowest BCUT2D eigenvalue weighted by Gasteiger charge is -2.27. The van der Waals surface area contributed by atoms with E-state index in [0.29, 0.717) is 0 Å². The number of anilines is 3. The van der Waals surface area contributed by atoms with Gasteiger partial charge in [-0.3, -0.25) is 0 Å². The van der Waals surface area contributed by atoms with Gasteiger partial charge in [-0.2, -0.15) is 0 Å². The SMILES string of the molecule is c1cc(-c2ccc(N(c3ccc(-c4cccc5c4oc4ccccc45)cc3)c3ccc4c5ccccc5c5ccccc5c4c3)cc2)cc(-c2ccccc2-n2c3ccccc3c3ccccc32)c1. The fourth-order valence-electron chi connectivity index (χ4n) is 11.0. The zero-order valence-corrected chi connectivity index (χ0v) is 37.6. The summed E-state index contributed by atoms with van der Waals surface area (Å²) in [4.78, 5) is 2.39. The number of fused-ring (bicyclic) bond motifs is 12. The van der Waals surface area contributed by atoms with Crippen LogP contribution < -0.4 is 4.90 Å². The van der Waals surface area contributed by atoms with Crippen LogP contribution in [0.15, 0.2) is 259 Å². The first-order valence-electron chi connectivity index (χ1n) is 23.7. The van der Waals surface area contributed by atoms with Gasteiger partial charge < -0.3 is 13.9 Å². The highest BCUT2D eigenvalue weighted by Gasteiger charge is 2.19. The highest BCUT2D eigenvalue weighted by atomic mass is 16.3. The van der Waals surface area contributed by atoms with Gasteiger partial charge in [0.05, 0.1) is 16.7 Å². The Kier molecular flexibility index (Phi) is 8.90. The number of benzene rings is 12. The zero-order chi connectivity index (χ0) is 45.4. The number of rotatable bonds is 7. The monoisotopic (exact) mass is 878 g/mol. The van der Waals surface area contributed by atoms with Crippen molar-refractivity contribution in [2.24, 2.45) is 0 Å². The largest absolute Gasteiger partial charge is 0.455 e. The Morgan fingerprint density at radius 2 is 0.754 bits per heavy atom. The maximum absolute atomic E-state index is 6.48. The lowest BCUT2D eigenvalue weighted by atomic mass is 9.94. The van der Waals surface area contributed by atoms with Crippen LogP contribution in [0.2, 0.25) is 0 Å². The normalized spacial score (nSPS) is 11.8. The molecule has 14 rings (SSSR count). The van der Waals surface area contributed by atoms with Gasteiger partial charge in [-0.25, -0.2) is 0 Å². The summed E-state index contributed by atoms with van der Waals surface area (Å²) in [5, 5.41) is 12.3. The second-order valence-corrected chi connectivity index (χ2v) is 18.0. The first-order valence-corrected chi connectivity index (χ1v) is 23.7. The number of nitrogens with zero attached hydrogens (tertiary/aromatic N) is 2. The van der Waals surface area contributed by atoms with E-state index in [1.54, 1.807) is 0 Å². The Morgan fingerprint density at radius 3 is 1.43 bits per heavy atom. The van der Waals surface area contributed by atoms with E-state index >= 15 is 0 Å². The van der Waals surface area contributed by atoms with Gasteiger partial charge in [0.1, 0.15) is 11.2 Å². The summed E-state index contributed by atoms with van der Waals surface area (Å²) in [7, 11) is 0. The molecule has 12 aromatic carbocycles. The van der Waals surface area contributed by atoms with Gasteiger partial charge in [0, 0.05) is 49.7 Å². The number of hydrogen-bond donors (Lipinski definition) is 0. The van der Waals surface area contributed by atoms with E-state index in [0.717, 1.165) is 66.9 Å². The zero-order valence-electron chi connectivity index (χ0n) is 37.6. The minimum atomic E-state index is 0.902. The molecule has 0 unspecified atom stereocenters. The van der Waals surface area contributed by atoms with Gasteiger partial charge in [0.25, 0.3) is 0 Å². The summed E-state index contributed by atoms with van der Waals surface area (Å²) in [6.07, 6.45) is 0. The molecule has 0 bridgehead atoms. The summed E-state index contributed by atoms with van der Waals surface area (Å²) in [6.45, 7) is 0. The third kappa shape index (κ3) is 6.29. The molecular weight excluding hydrogens is 837 g/mol. The van der Waals surface area contributed by atoms with E-state index in [9.17, 15) is 0 Å². The minimum absolute atomic E-state index is 0.902. The van der Waals surface area contributed by atoms with Crippen LogP contribution >= 0.6 is 0 Å². The van der Waals surface area contributed by atoms with Gasteiger partial charge in [0.2, 0.25) is 0 Å². The van der Waals surface area contributed by atoms with Gasteiger partial charge in [-0.15, -0.1) is 0 Å². The van der Waals surface area contributed by atoms with Gasteiger partial charge >= 0.3 is 0 Å². The second kappa shape index (κ2) is 15.7. The topological polar surface area (TPSA) is 21.3 Å². The van der Waals surface area contributed by atoms with Crippen LogP contribution in [-0.2, 0) is 0 Å². The fraction of sp³-hybridized carbons (Fsp3) is 0. The van der Waals surface area contributed by atoms with E-state index in [4.69, 9.17) is 4.42 Å².